The molecule has 0 spiro atoms. The van der Waals surface area contributed by atoms with Gasteiger partial charge in [0.1, 0.15) is 6.07 Å². The number of carbonyl (C=O) groups excluding carboxylic acids is 2. The van der Waals surface area contributed by atoms with Gasteiger partial charge < -0.3 is 5.73 Å². The van der Waals surface area contributed by atoms with Crippen LogP contribution in [0.3, 0.4) is 0 Å². The van der Waals surface area contributed by atoms with Gasteiger partial charge in [-0.25, -0.2) is 5.43 Å². The number of nitrogens with two attached hydrogens (primary N) is 1. The Balaban J connectivity index is 2.13. The Morgan fingerprint density at radius 1 is 1.50 bits per heavy atom. The summed E-state index contributed by atoms with van der Waals surface area (Å²) >= 11 is 0. The van der Waals surface area contributed by atoms with Crippen LogP contribution in [0.25, 0.3) is 0 Å². The molecule has 22 heavy (non-hydrogen) atoms. The second-order valence-electron chi connectivity index (χ2n) is 4.76. The van der Waals surface area contributed by atoms with Crippen molar-refractivity contribution in [2.75, 3.05) is 5.43 Å². The Hall–Kier alpha value is -3.21. The summed E-state index contributed by atoms with van der Waals surface area (Å²) in [6.07, 6.45) is 0.396. The first kappa shape index (κ1) is 15.2. The van der Waals surface area contributed by atoms with E-state index >= 15 is 0 Å². The van der Waals surface area contributed by atoms with Crippen molar-refractivity contribution < 1.29 is 9.59 Å². The highest BCUT2D eigenvalue weighted by molar-refractivity contribution is 6.44. The smallest absolute Gasteiger partial charge is 0.280 e. The van der Waals surface area contributed by atoms with Crippen LogP contribution >= 0.6 is 0 Å². The predicted octanol–water partition coefficient (Wildman–Crippen LogP) is 0.323. The van der Waals surface area contributed by atoms with Crippen LogP contribution < -0.4 is 16.6 Å². The summed E-state index contributed by atoms with van der Waals surface area (Å²) in [5.41, 5.74) is 11.9. The molecule has 8 heteroatoms. The number of rotatable bonds is 4. The Morgan fingerprint density at radius 2 is 2.18 bits per heavy atom. The van der Waals surface area contributed by atoms with Gasteiger partial charge in [0.05, 0.1) is 11.4 Å². The third-order valence-corrected chi connectivity index (χ3v) is 3.08. The molecule has 1 aromatic carbocycles. The van der Waals surface area contributed by atoms with Gasteiger partial charge in [-0.3, -0.25) is 15.0 Å². The van der Waals surface area contributed by atoms with Crippen LogP contribution in [0.15, 0.2) is 34.5 Å². The van der Waals surface area contributed by atoms with Crippen molar-refractivity contribution >= 4 is 28.9 Å². The highest BCUT2D eigenvalue weighted by Crippen LogP contribution is 2.18. The number of amides is 2. The molecule has 0 fully saturated rings. The van der Waals surface area contributed by atoms with Gasteiger partial charge in [-0.1, -0.05) is 19.1 Å². The number of hydrogen-bond acceptors (Lipinski definition) is 6. The van der Waals surface area contributed by atoms with Crippen LogP contribution in [-0.4, -0.2) is 23.2 Å². The Labute approximate surface area is 126 Å². The first-order valence-corrected chi connectivity index (χ1v) is 6.51. The average molecular weight is 298 g/mol. The van der Waals surface area contributed by atoms with Gasteiger partial charge in [0.15, 0.2) is 0 Å². The number of benzene rings is 1. The summed E-state index contributed by atoms with van der Waals surface area (Å²) in [6.45, 7) is 1.93. The lowest BCUT2D eigenvalue weighted by molar-refractivity contribution is -0.121. The zero-order chi connectivity index (χ0) is 16.1. The van der Waals surface area contributed by atoms with Crippen molar-refractivity contribution in [2.24, 2.45) is 21.9 Å². The van der Waals surface area contributed by atoms with Gasteiger partial charge in [0.25, 0.3) is 5.91 Å². The zero-order valence-corrected chi connectivity index (χ0v) is 11.8. The van der Waals surface area contributed by atoms with Crippen molar-refractivity contribution in [1.29, 1.82) is 5.26 Å². The van der Waals surface area contributed by atoms with E-state index in [4.69, 9.17) is 11.0 Å². The molecular formula is C14H14N6O2. The largest absolute Gasteiger partial charge is 0.364 e. The molecule has 0 bridgehead atoms. The zero-order valence-electron chi connectivity index (χ0n) is 11.8. The molecule has 0 saturated carbocycles. The molecule has 0 aromatic heterocycles. The van der Waals surface area contributed by atoms with Crippen LogP contribution in [0.5, 0.6) is 0 Å². The first-order valence-electron chi connectivity index (χ1n) is 6.51. The molecule has 1 aliphatic heterocycles. The fourth-order valence-corrected chi connectivity index (χ4v) is 1.97. The lowest BCUT2D eigenvalue weighted by Crippen LogP contribution is -2.31. The van der Waals surface area contributed by atoms with E-state index in [1.807, 2.05) is 6.92 Å². The molecule has 2 rings (SSSR count). The summed E-state index contributed by atoms with van der Waals surface area (Å²) in [5.74, 6) is -0.960. The number of primary amides is 1. The van der Waals surface area contributed by atoms with Crippen molar-refractivity contribution in [3.05, 3.63) is 29.8 Å². The molecule has 0 saturated heterocycles. The molecule has 1 atom stereocenters. The highest BCUT2D eigenvalue weighted by Gasteiger charge is 2.21. The third-order valence-electron chi connectivity index (χ3n) is 3.08. The summed E-state index contributed by atoms with van der Waals surface area (Å²) in [5, 5.41) is 16.4. The van der Waals surface area contributed by atoms with Crippen molar-refractivity contribution in [3.8, 4) is 6.07 Å². The van der Waals surface area contributed by atoms with Crippen LogP contribution in [0, 0.1) is 17.2 Å². The molecule has 8 nitrogen and oxygen atoms in total. The maximum Gasteiger partial charge on any atom is 0.280 e. The molecule has 1 aliphatic rings. The van der Waals surface area contributed by atoms with Gasteiger partial charge in [-0.15, -0.1) is 0 Å². The molecule has 4 N–H and O–H groups in total. The summed E-state index contributed by atoms with van der Waals surface area (Å²) in [7, 11) is 0. The SMILES string of the molecule is CC1CC(=O)NN=C1c1ccc(N/N=C(/C#N)C(N)=O)cc1. The second kappa shape index (κ2) is 6.49. The van der Waals surface area contributed by atoms with Crippen molar-refractivity contribution in [1.82, 2.24) is 5.43 Å². The van der Waals surface area contributed by atoms with Gasteiger partial charge >= 0.3 is 0 Å². The minimum absolute atomic E-state index is 0.0330. The van der Waals surface area contributed by atoms with E-state index in [0.29, 0.717) is 12.1 Å². The normalized spacial score (nSPS) is 18.0. The molecule has 1 unspecified atom stereocenters. The summed E-state index contributed by atoms with van der Waals surface area (Å²) in [4.78, 5) is 22.1. The predicted molar refractivity (Wildman–Crippen MR) is 80.8 cm³/mol. The van der Waals surface area contributed by atoms with E-state index in [9.17, 15) is 9.59 Å². The first-order chi connectivity index (χ1) is 10.5. The Kier molecular flexibility index (Phi) is 4.48. The van der Waals surface area contributed by atoms with Crippen LogP contribution in [0.4, 0.5) is 5.69 Å². The molecule has 2 amide bonds. The second-order valence-corrected chi connectivity index (χ2v) is 4.76. The van der Waals surface area contributed by atoms with Crippen LogP contribution in [-0.2, 0) is 9.59 Å². The van der Waals surface area contributed by atoms with Gasteiger partial charge in [0.2, 0.25) is 11.6 Å². The van der Waals surface area contributed by atoms with Crippen LogP contribution in [0.2, 0.25) is 0 Å². The number of carbonyl (C=O) groups is 2. The van der Waals surface area contributed by atoms with E-state index in [1.165, 1.54) is 0 Å². The lowest BCUT2D eigenvalue weighted by atomic mass is 9.94. The van der Waals surface area contributed by atoms with E-state index in [0.717, 1.165) is 11.3 Å². The maximum atomic E-state index is 11.2. The summed E-state index contributed by atoms with van der Waals surface area (Å²) in [6, 6.07) is 8.66. The lowest BCUT2D eigenvalue weighted by Gasteiger charge is -2.19. The van der Waals surface area contributed by atoms with E-state index in [2.05, 4.69) is 21.1 Å². The number of nitriles is 1. The van der Waals surface area contributed by atoms with Crippen molar-refractivity contribution in [3.63, 3.8) is 0 Å². The molecule has 1 aromatic rings. The quantitative estimate of drug-likeness (QED) is 0.545. The molecule has 0 aliphatic carbocycles. The van der Waals surface area contributed by atoms with E-state index < -0.39 is 11.6 Å². The Bertz CT molecular complexity index is 699. The molecule has 0 radical (unpaired) electrons. The highest BCUT2D eigenvalue weighted by atomic mass is 16.2. The van der Waals surface area contributed by atoms with Gasteiger partial charge in [-0.2, -0.15) is 15.5 Å². The molecular weight excluding hydrogens is 284 g/mol. The van der Waals surface area contributed by atoms with Gasteiger partial charge in [-0.05, 0) is 17.7 Å². The number of anilines is 1. The number of nitrogens with zero attached hydrogens (tertiary/aromatic N) is 3. The number of nitrogens with one attached hydrogen (secondary N) is 2. The van der Waals surface area contributed by atoms with E-state index in [-0.39, 0.29) is 11.8 Å². The monoisotopic (exact) mass is 298 g/mol. The molecule has 112 valence electrons. The van der Waals surface area contributed by atoms with E-state index in [1.54, 1.807) is 30.3 Å². The Morgan fingerprint density at radius 3 is 2.73 bits per heavy atom. The number of hydrogen-bond donors (Lipinski definition) is 3. The van der Waals surface area contributed by atoms with Crippen LogP contribution in [0.1, 0.15) is 18.9 Å². The maximum absolute atomic E-state index is 11.2. The van der Waals surface area contributed by atoms with Crippen molar-refractivity contribution in [2.45, 2.75) is 13.3 Å². The minimum Gasteiger partial charge on any atom is -0.364 e. The topological polar surface area (TPSA) is 133 Å². The third kappa shape index (κ3) is 3.46. The summed E-state index contributed by atoms with van der Waals surface area (Å²) < 4.78 is 0. The standard InChI is InChI=1S/C14H14N6O2/c1-8-6-12(21)19-20-13(8)9-2-4-10(5-3-9)17-18-11(7-15)14(16)22/h2-5,8,17H,6H2,1H3,(H2,16,22)(H,19,21)/b18-11-. The molecule has 1 heterocycles. The fourth-order valence-electron chi connectivity index (χ4n) is 1.97. The average Bonchev–Trinajstić information content (AvgIpc) is 2.48. The minimum atomic E-state index is -0.896. The number of hydrazone groups is 2. The van der Waals surface area contributed by atoms with Gasteiger partial charge in [0, 0.05) is 12.3 Å². The fraction of sp³-hybridized carbons (Fsp3) is 0.214.